The van der Waals surface area contributed by atoms with Crippen LogP contribution in [0.2, 0.25) is 10.0 Å². The topological polar surface area (TPSA) is 46.3 Å². The van der Waals surface area contributed by atoms with Crippen molar-refractivity contribution >= 4 is 53.3 Å². The molecule has 0 aromatic heterocycles. The smallest absolute Gasteiger partial charge is 0.253 e. The molecular weight excluding hydrogens is 411 g/mol. The van der Waals surface area contributed by atoms with Gasteiger partial charge in [-0.2, -0.15) is 0 Å². The van der Waals surface area contributed by atoms with Gasteiger partial charge in [0.2, 0.25) is 0 Å². The van der Waals surface area contributed by atoms with E-state index in [1.807, 2.05) is 35.2 Å². The van der Waals surface area contributed by atoms with Crippen LogP contribution >= 0.6 is 47.4 Å². The SMILES string of the molecule is Cl.NCC1CCN(C(=O)c2ccc(CSc3cc(Cl)ccc3Cl)cc2)C1. The predicted molar refractivity (Wildman–Crippen MR) is 113 cm³/mol. The van der Waals surface area contributed by atoms with Crippen molar-refractivity contribution < 1.29 is 4.79 Å². The van der Waals surface area contributed by atoms with Crippen LogP contribution in [0.15, 0.2) is 47.4 Å². The molecule has 2 aromatic carbocycles. The summed E-state index contributed by atoms with van der Waals surface area (Å²) in [6.45, 7) is 2.21. The number of carbonyl (C=O) groups excluding carboxylic acids is 1. The van der Waals surface area contributed by atoms with Crippen LogP contribution in [0.3, 0.4) is 0 Å². The molecule has 2 N–H and O–H groups in total. The molecule has 0 spiro atoms. The quantitative estimate of drug-likeness (QED) is 0.668. The summed E-state index contributed by atoms with van der Waals surface area (Å²) in [6.07, 6.45) is 0.997. The zero-order valence-electron chi connectivity index (χ0n) is 14.2. The van der Waals surface area contributed by atoms with Gasteiger partial charge in [-0.3, -0.25) is 4.79 Å². The number of carbonyl (C=O) groups is 1. The third-order valence-corrected chi connectivity index (χ3v) is 6.20. The summed E-state index contributed by atoms with van der Waals surface area (Å²) < 4.78 is 0. The van der Waals surface area contributed by atoms with E-state index < -0.39 is 0 Å². The number of hydrogen-bond donors (Lipinski definition) is 1. The van der Waals surface area contributed by atoms with Crippen LogP contribution in [0, 0.1) is 5.92 Å². The van der Waals surface area contributed by atoms with Crippen molar-refractivity contribution in [2.75, 3.05) is 19.6 Å². The fourth-order valence-corrected chi connectivity index (χ4v) is 4.33. The molecule has 1 unspecified atom stereocenters. The molecule has 1 fully saturated rings. The number of thioether (sulfide) groups is 1. The van der Waals surface area contributed by atoms with Crippen LogP contribution in [-0.2, 0) is 5.75 Å². The van der Waals surface area contributed by atoms with E-state index >= 15 is 0 Å². The van der Waals surface area contributed by atoms with Crippen LogP contribution in [0.5, 0.6) is 0 Å². The van der Waals surface area contributed by atoms with Crippen LogP contribution in [0.1, 0.15) is 22.3 Å². The molecule has 26 heavy (non-hydrogen) atoms. The summed E-state index contributed by atoms with van der Waals surface area (Å²) in [6, 6.07) is 13.2. The van der Waals surface area contributed by atoms with Gasteiger partial charge in [0.25, 0.3) is 5.91 Å². The van der Waals surface area contributed by atoms with Gasteiger partial charge in [0.05, 0.1) is 5.02 Å². The molecule has 0 aliphatic carbocycles. The molecule has 1 saturated heterocycles. The highest BCUT2D eigenvalue weighted by atomic mass is 35.5. The van der Waals surface area contributed by atoms with Gasteiger partial charge in [-0.05, 0) is 54.8 Å². The Morgan fingerprint density at radius 1 is 1.19 bits per heavy atom. The van der Waals surface area contributed by atoms with Crippen LogP contribution in [0.4, 0.5) is 0 Å². The lowest BCUT2D eigenvalue weighted by molar-refractivity contribution is 0.0787. The van der Waals surface area contributed by atoms with Crippen molar-refractivity contribution in [3.05, 3.63) is 63.6 Å². The van der Waals surface area contributed by atoms with Gasteiger partial charge >= 0.3 is 0 Å². The Bertz CT molecular complexity index is 755. The van der Waals surface area contributed by atoms with Crippen molar-refractivity contribution in [3.8, 4) is 0 Å². The maximum absolute atomic E-state index is 12.5. The van der Waals surface area contributed by atoms with E-state index in [9.17, 15) is 4.79 Å². The molecule has 0 bridgehead atoms. The normalized spacial score (nSPS) is 16.4. The monoisotopic (exact) mass is 430 g/mol. The van der Waals surface area contributed by atoms with Gasteiger partial charge in [-0.25, -0.2) is 0 Å². The lowest BCUT2D eigenvalue weighted by Gasteiger charge is -2.16. The van der Waals surface area contributed by atoms with Gasteiger partial charge < -0.3 is 10.6 Å². The molecule has 1 heterocycles. The second-order valence-electron chi connectivity index (χ2n) is 6.20. The van der Waals surface area contributed by atoms with E-state index in [2.05, 4.69) is 0 Å². The molecule has 1 aliphatic heterocycles. The molecular formula is C19H21Cl3N2OS. The maximum Gasteiger partial charge on any atom is 0.253 e. The van der Waals surface area contributed by atoms with Crippen LogP contribution in [0.25, 0.3) is 0 Å². The molecule has 7 heteroatoms. The Morgan fingerprint density at radius 2 is 1.92 bits per heavy atom. The van der Waals surface area contributed by atoms with Crippen molar-refractivity contribution in [2.45, 2.75) is 17.1 Å². The second kappa shape index (κ2) is 9.86. The van der Waals surface area contributed by atoms with E-state index in [4.69, 9.17) is 28.9 Å². The Balaban J connectivity index is 0.00000243. The average Bonchev–Trinajstić information content (AvgIpc) is 3.11. The number of hydrogen-bond acceptors (Lipinski definition) is 3. The van der Waals surface area contributed by atoms with Gasteiger partial charge in [0.1, 0.15) is 0 Å². The van der Waals surface area contributed by atoms with E-state index in [1.54, 1.807) is 23.9 Å². The van der Waals surface area contributed by atoms with E-state index in [0.717, 1.165) is 41.3 Å². The number of likely N-dealkylation sites (tertiary alicyclic amines) is 1. The number of rotatable bonds is 5. The van der Waals surface area contributed by atoms with Gasteiger partial charge in [-0.15, -0.1) is 24.2 Å². The second-order valence-corrected chi connectivity index (χ2v) is 8.06. The highest BCUT2D eigenvalue weighted by Crippen LogP contribution is 2.32. The summed E-state index contributed by atoms with van der Waals surface area (Å²) in [4.78, 5) is 15.4. The summed E-state index contributed by atoms with van der Waals surface area (Å²) in [5.74, 6) is 1.29. The Kier molecular flexibility index (Phi) is 8.11. The average molecular weight is 432 g/mol. The molecule has 1 amide bonds. The Hall–Kier alpha value is -0.910. The molecule has 3 rings (SSSR count). The standard InChI is InChI=1S/C19H20Cl2N2OS.ClH/c20-16-5-6-17(21)18(9-16)25-12-13-1-3-15(4-2-13)19(24)23-8-7-14(10-22)11-23;/h1-6,9,14H,7-8,10-12,22H2;1H. The minimum absolute atomic E-state index is 0. The first-order chi connectivity index (χ1) is 12.1. The predicted octanol–water partition coefficient (Wildman–Crippen LogP) is 5.13. The van der Waals surface area contributed by atoms with E-state index in [1.165, 1.54) is 0 Å². The minimum atomic E-state index is 0. The van der Waals surface area contributed by atoms with E-state index in [-0.39, 0.29) is 18.3 Å². The van der Waals surface area contributed by atoms with Crippen molar-refractivity contribution in [2.24, 2.45) is 11.7 Å². The summed E-state index contributed by atoms with van der Waals surface area (Å²) >= 11 is 13.8. The first-order valence-corrected chi connectivity index (χ1v) is 9.97. The minimum Gasteiger partial charge on any atom is -0.338 e. The third kappa shape index (κ3) is 5.30. The summed E-state index contributed by atoms with van der Waals surface area (Å²) in [5.41, 5.74) is 7.56. The van der Waals surface area contributed by atoms with Gasteiger partial charge in [0, 0.05) is 34.3 Å². The zero-order valence-corrected chi connectivity index (χ0v) is 17.3. The van der Waals surface area contributed by atoms with Crippen LogP contribution in [-0.4, -0.2) is 30.4 Å². The molecule has 0 saturated carbocycles. The van der Waals surface area contributed by atoms with Crippen molar-refractivity contribution in [1.29, 1.82) is 0 Å². The fraction of sp³-hybridized carbons (Fsp3) is 0.316. The van der Waals surface area contributed by atoms with Crippen molar-refractivity contribution in [3.63, 3.8) is 0 Å². The molecule has 2 aromatic rings. The van der Waals surface area contributed by atoms with Crippen molar-refractivity contribution in [1.82, 2.24) is 4.90 Å². The first-order valence-electron chi connectivity index (χ1n) is 8.23. The molecule has 1 aliphatic rings. The Morgan fingerprint density at radius 3 is 2.58 bits per heavy atom. The van der Waals surface area contributed by atoms with Gasteiger partial charge in [0.15, 0.2) is 0 Å². The molecule has 140 valence electrons. The Labute approximate surface area is 174 Å². The number of halogens is 3. The molecule has 1 atom stereocenters. The first kappa shape index (κ1) is 21.4. The highest BCUT2D eigenvalue weighted by molar-refractivity contribution is 7.98. The number of nitrogens with two attached hydrogens (primary N) is 1. The fourth-order valence-electron chi connectivity index (χ4n) is 2.88. The largest absolute Gasteiger partial charge is 0.338 e. The van der Waals surface area contributed by atoms with Crippen LogP contribution < -0.4 is 5.73 Å². The summed E-state index contributed by atoms with van der Waals surface area (Å²) in [7, 11) is 0. The number of nitrogens with zero attached hydrogens (tertiary/aromatic N) is 1. The van der Waals surface area contributed by atoms with E-state index in [0.29, 0.717) is 22.5 Å². The van der Waals surface area contributed by atoms with Gasteiger partial charge in [-0.1, -0.05) is 35.3 Å². The maximum atomic E-state index is 12.5. The molecule has 3 nitrogen and oxygen atoms in total. The highest BCUT2D eigenvalue weighted by Gasteiger charge is 2.25. The lowest BCUT2D eigenvalue weighted by Crippen LogP contribution is -2.29. The summed E-state index contributed by atoms with van der Waals surface area (Å²) in [5, 5.41) is 1.37. The molecule has 0 radical (unpaired) electrons. The third-order valence-electron chi connectivity index (χ3n) is 4.39. The zero-order chi connectivity index (χ0) is 17.8. The number of amides is 1. The number of benzene rings is 2. The lowest BCUT2D eigenvalue weighted by atomic mass is 10.1.